The number of carbonyl (C=O) groups excluding carboxylic acids is 2. The number of benzene rings is 3. The minimum atomic E-state index is -0.492. The van der Waals surface area contributed by atoms with Gasteiger partial charge in [-0.2, -0.15) is 0 Å². The fourth-order valence-electron chi connectivity index (χ4n) is 4.11. The first-order valence-electron chi connectivity index (χ1n) is 9.46. The third-order valence-electron chi connectivity index (χ3n) is 5.42. The number of para-hydroxylation sites is 1. The van der Waals surface area contributed by atoms with Crippen LogP contribution < -0.4 is 4.90 Å². The molecule has 3 aromatic carbocycles. The van der Waals surface area contributed by atoms with Gasteiger partial charge in [-0.1, -0.05) is 60.1 Å². The lowest BCUT2D eigenvalue weighted by atomic mass is 10.1. The van der Waals surface area contributed by atoms with E-state index in [-0.39, 0.29) is 10.6 Å². The number of fused-ring (bicyclic) bond motifs is 3. The molecule has 0 aliphatic carbocycles. The number of imide groups is 1. The van der Waals surface area contributed by atoms with Crippen molar-refractivity contribution in [2.45, 2.75) is 13.5 Å². The van der Waals surface area contributed by atoms with Crippen LogP contribution in [0.25, 0.3) is 27.4 Å². The third kappa shape index (κ3) is 2.53. The van der Waals surface area contributed by atoms with Crippen molar-refractivity contribution in [3.8, 4) is 0 Å². The van der Waals surface area contributed by atoms with Gasteiger partial charge in [0.05, 0.1) is 11.3 Å². The molecule has 4 aromatic rings. The minimum Gasteiger partial charge on any atom is -0.341 e. The molecule has 0 fully saturated rings. The summed E-state index contributed by atoms with van der Waals surface area (Å²) in [6.45, 7) is 2.93. The van der Waals surface area contributed by atoms with Gasteiger partial charge in [0.2, 0.25) is 0 Å². The molecule has 0 saturated heterocycles. The number of aromatic nitrogens is 1. The maximum Gasteiger partial charge on any atom is 0.277 e. The van der Waals surface area contributed by atoms with Crippen molar-refractivity contribution in [2.75, 3.05) is 4.90 Å². The van der Waals surface area contributed by atoms with Crippen molar-refractivity contribution in [1.29, 1.82) is 0 Å². The molecule has 2 heterocycles. The van der Waals surface area contributed by atoms with E-state index in [4.69, 9.17) is 11.6 Å². The van der Waals surface area contributed by atoms with E-state index < -0.39 is 11.8 Å². The number of aryl methyl sites for hydroxylation is 1. The SMILES string of the molecule is CCn1c2ccccc2c2cc(N3C(=O)C(Cl)=C(c4ccccc4)C3=O)ccc21. The third-order valence-corrected chi connectivity index (χ3v) is 5.77. The molecule has 1 aliphatic heterocycles. The molecule has 5 heteroatoms. The van der Waals surface area contributed by atoms with Gasteiger partial charge in [-0.3, -0.25) is 9.59 Å². The van der Waals surface area contributed by atoms with E-state index in [0.717, 1.165) is 28.4 Å². The predicted octanol–water partition coefficient (Wildman–Crippen LogP) is 5.34. The Kier molecular flexibility index (Phi) is 4.03. The zero-order chi connectivity index (χ0) is 20.1. The number of carbonyl (C=O) groups is 2. The number of hydrogen-bond acceptors (Lipinski definition) is 2. The second-order valence-corrected chi connectivity index (χ2v) is 7.34. The highest BCUT2D eigenvalue weighted by molar-refractivity contribution is 6.60. The molecular weight excluding hydrogens is 384 g/mol. The van der Waals surface area contributed by atoms with E-state index in [0.29, 0.717) is 11.3 Å². The fraction of sp³-hybridized carbons (Fsp3) is 0.0833. The number of rotatable bonds is 3. The zero-order valence-electron chi connectivity index (χ0n) is 15.7. The van der Waals surface area contributed by atoms with Crippen LogP contribution in [-0.2, 0) is 16.1 Å². The number of hydrogen-bond donors (Lipinski definition) is 0. The van der Waals surface area contributed by atoms with Crippen LogP contribution in [0.4, 0.5) is 5.69 Å². The molecule has 1 aliphatic rings. The Morgan fingerprint density at radius 2 is 1.48 bits per heavy atom. The molecular formula is C24H17ClN2O2. The van der Waals surface area contributed by atoms with Gasteiger partial charge in [0.15, 0.2) is 0 Å². The lowest BCUT2D eigenvalue weighted by Crippen LogP contribution is -2.31. The topological polar surface area (TPSA) is 42.3 Å². The van der Waals surface area contributed by atoms with Crippen LogP contribution in [0.15, 0.2) is 77.8 Å². The Hall–Kier alpha value is -3.37. The normalized spacial score (nSPS) is 14.6. The van der Waals surface area contributed by atoms with E-state index in [1.54, 1.807) is 18.2 Å². The first kappa shape index (κ1) is 17.7. The summed E-state index contributed by atoms with van der Waals surface area (Å²) in [5.74, 6) is -0.890. The van der Waals surface area contributed by atoms with Gasteiger partial charge < -0.3 is 4.57 Å². The van der Waals surface area contributed by atoms with Crippen molar-refractivity contribution in [1.82, 2.24) is 4.57 Å². The monoisotopic (exact) mass is 400 g/mol. The van der Waals surface area contributed by atoms with Gasteiger partial charge in [-0.25, -0.2) is 4.90 Å². The summed E-state index contributed by atoms with van der Waals surface area (Å²) >= 11 is 6.31. The molecule has 0 saturated carbocycles. The molecule has 0 N–H and O–H groups in total. The molecule has 0 bridgehead atoms. The highest BCUT2D eigenvalue weighted by Gasteiger charge is 2.39. The van der Waals surface area contributed by atoms with Gasteiger partial charge >= 0.3 is 0 Å². The Balaban J connectivity index is 1.66. The Labute approximate surface area is 172 Å². The van der Waals surface area contributed by atoms with E-state index in [1.165, 1.54) is 4.90 Å². The van der Waals surface area contributed by atoms with Crippen LogP contribution in [0, 0.1) is 0 Å². The maximum absolute atomic E-state index is 13.1. The Bertz CT molecular complexity index is 1340. The van der Waals surface area contributed by atoms with Crippen molar-refractivity contribution in [3.05, 3.63) is 83.4 Å². The van der Waals surface area contributed by atoms with Gasteiger partial charge in [0.25, 0.3) is 11.8 Å². The highest BCUT2D eigenvalue weighted by Crippen LogP contribution is 2.37. The molecule has 2 amide bonds. The number of halogens is 1. The quantitative estimate of drug-likeness (QED) is 0.436. The first-order valence-corrected chi connectivity index (χ1v) is 9.84. The highest BCUT2D eigenvalue weighted by atomic mass is 35.5. The summed E-state index contributed by atoms with van der Waals surface area (Å²) in [4.78, 5) is 27.2. The second kappa shape index (κ2) is 6.61. The summed E-state index contributed by atoms with van der Waals surface area (Å²) < 4.78 is 2.22. The zero-order valence-corrected chi connectivity index (χ0v) is 16.5. The summed E-state index contributed by atoms with van der Waals surface area (Å²) in [6.07, 6.45) is 0. The standard InChI is InChI=1S/C24H17ClN2O2/c1-2-26-19-11-7-6-10-17(19)18-14-16(12-13-20(18)26)27-23(28)21(22(25)24(27)29)15-8-4-3-5-9-15/h3-14H,2H2,1H3. The van der Waals surface area contributed by atoms with E-state index >= 15 is 0 Å². The molecule has 0 unspecified atom stereocenters. The summed E-state index contributed by atoms with van der Waals surface area (Å²) in [5.41, 5.74) is 3.60. The molecule has 29 heavy (non-hydrogen) atoms. The van der Waals surface area contributed by atoms with Gasteiger partial charge in [0, 0.05) is 28.4 Å². The van der Waals surface area contributed by atoms with Gasteiger partial charge in [-0.15, -0.1) is 0 Å². The first-order chi connectivity index (χ1) is 14.1. The fourth-order valence-corrected chi connectivity index (χ4v) is 4.39. The van der Waals surface area contributed by atoms with Crippen LogP contribution in [0.2, 0.25) is 0 Å². The molecule has 4 nitrogen and oxygen atoms in total. The van der Waals surface area contributed by atoms with Crippen molar-refractivity contribution >= 4 is 56.5 Å². The van der Waals surface area contributed by atoms with Crippen molar-refractivity contribution in [3.63, 3.8) is 0 Å². The predicted molar refractivity (Wildman–Crippen MR) is 117 cm³/mol. The van der Waals surface area contributed by atoms with Gasteiger partial charge in [-0.05, 0) is 36.8 Å². The van der Waals surface area contributed by atoms with Crippen LogP contribution in [0.5, 0.6) is 0 Å². The van der Waals surface area contributed by atoms with Crippen LogP contribution in [-0.4, -0.2) is 16.4 Å². The Morgan fingerprint density at radius 1 is 0.793 bits per heavy atom. The number of nitrogens with zero attached hydrogens (tertiary/aromatic N) is 2. The van der Waals surface area contributed by atoms with E-state index in [9.17, 15) is 9.59 Å². The van der Waals surface area contributed by atoms with E-state index in [2.05, 4.69) is 23.6 Å². The van der Waals surface area contributed by atoms with Crippen LogP contribution in [0.1, 0.15) is 12.5 Å². The molecule has 0 spiro atoms. The minimum absolute atomic E-state index is 0.0442. The second-order valence-electron chi connectivity index (χ2n) is 6.96. The number of anilines is 1. The van der Waals surface area contributed by atoms with Crippen LogP contribution in [0.3, 0.4) is 0 Å². The smallest absolute Gasteiger partial charge is 0.277 e. The Morgan fingerprint density at radius 3 is 2.24 bits per heavy atom. The maximum atomic E-state index is 13.1. The molecule has 142 valence electrons. The summed E-state index contributed by atoms with van der Waals surface area (Å²) in [6, 6.07) is 22.9. The van der Waals surface area contributed by atoms with Crippen LogP contribution >= 0.6 is 11.6 Å². The largest absolute Gasteiger partial charge is 0.341 e. The van der Waals surface area contributed by atoms with E-state index in [1.807, 2.05) is 42.5 Å². The van der Waals surface area contributed by atoms with Crippen molar-refractivity contribution in [2.24, 2.45) is 0 Å². The number of amides is 2. The average molecular weight is 401 g/mol. The average Bonchev–Trinajstić information content (AvgIpc) is 3.19. The van der Waals surface area contributed by atoms with Crippen molar-refractivity contribution < 1.29 is 9.59 Å². The summed E-state index contributed by atoms with van der Waals surface area (Å²) in [5, 5.41) is 2.05. The lowest BCUT2D eigenvalue weighted by molar-refractivity contribution is -0.119. The molecule has 0 atom stereocenters. The summed E-state index contributed by atoms with van der Waals surface area (Å²) in [7, 11) is 0. The molecule has 1 aromatic heterocycles. The lowest BCUT2D eigenvalue weighted by Gasteiger charge is -2.15. The van der Waals surface area contributed by atoms with Gasteiger partial charge in [0.1, 0.15) is 5.03 Å². The molecule has 5 rings (SSSR count). The molecule has 0 radical (unpaired) electrons.